The Balaban J connectivity index is 2.53. The van der Waals surface area contributed by atoms with Crippen LogP contribution in [0.1, 0.15) is 9.67 Å². The molecule has 1 amide bonds. The highest BCUT2D eigenvalue weighted by molar-refractivity contribution is 7.12. The minimum absolute atomic E-state index is 0.141. The van der Waals surface area contributed by atoms with Crippen molar-refractivity contribution in [2.24, 2.45) is 0 Å². The summed E-state index contributed by atoms with van der Waals surface area (Å²) in [7, 11) is 0. The number of carboxylic acids is 1. The highest BCUT2D eigenvalue weighted by Crippen LogP contribution is 2.21. The summed E-state index contributed by atoms with van der Waals surface area (Å²) in [5.41, 5.74) is 0. The fourth-order valence-electron chi connectivity index (χ4n) is 1.33. The van der Waals surface area contributed by atoms with Gasteiger partial charge in [0.1, 0.15) is 10.6 Å². The number of thiophene rings is 1. The number of ether oxygens (including phenoxy) is 1. The third-order valence-electron chi connectivity index (χ3n) is 2.20. The number of rotatable bonds is 8. The van der Waals surface area contributed by atoms with Crippen LogP contribution in [0.3, 0.4) is 0 Å². The molecule has 1 N–H and O–H groups in total. The molecule has 0 aliphatic heterocycles. The van der Waals surface area contributed by atoms with Crippen LogP contribution in [-0.4, -0.2) is 41.6 Å². The van der Waals surface area contributed by atoms with Crippen molar-refractivity contribution in [1.29, 1.82) is 0 Å². The SMILES string of the molecule is C=CCN(CC=C)C(=O)COc1csc(C(=O)O)c1. The lowest BCUT2D eigenvalue weighted by molar-refractivity contribution is -0.132. The average Bonchev–Trinajstić information content (AvgIpc) is 2.84. The van der Waals surface area contributed by atoms with Gasteiger partial charge in [-0.3, -0.25) is 4.79 Å². The summed E-state index contributed by atoms with van der Waals surface area (Å²) >= 11 is 1.06. The Morgan fingerprint density at radius 3 is 2.47 bits per heavy atom. The zero-order chi connectivity index (χ0) is 14.3. The van der Waals surface area contributed by atoms with E-state index in [-0.39, 0.29) is 17.4 Å². The first-order chi connectivity index (χ1) is 9.08. The molecule has 1 heterocycles. The molecule has 1 aromatic heterocycles. The van der Waals surface area contributed by atoms with Crippen molar-refractivity contribution in [2.75, 3.05) is 19.7 Å². The lowest BCUT2D eigenvalue weighted by Gasteiger charge is -2.18. The molecule has 0 atom stereocenters. The van der Waals surface area contributed by atoms with Crippen molar-refractivity contribution in [1.82, 2.24) is 4.90 Å². The molecule has 5 nitrogen and oxygen atoms in total. The molecule has 6 heteroatoms. The van der Waals surface area contributed by atoms with Crippen molar-refractivity contribution in [3.63, 3.8) is 0 Å². The molecule has 0 bridgehead atoms. The van der Waals surface area contributed by atoms with Crippen LogP contribution in [0.25, 0.3) is 0 Å². The summed E-state index contributed by atoms with van der Waals surface area (Å²) in [6.45, 7) is 7.84. The Bertz CT molecular complexity index is 471. The Hall–Kier alpha value is -2.08. The monoisotopic (exact) mass is 281 g/mol. The van der Waals surface area contributed by atoms with Crippen LogP contribution >= 0.6 is 11.3 Å². The molecule has 0 spiro atoms. The van der Waals surface area contributed by atoms with Gasteiger partial charge in [0.2, 0.25) is 0 Å². The van der Waals surface area contributed by atoms with Crippen LogP contribution in [-0.2, 0) is 4.79 Å². The van der Waals surface area contributed by atoms with E-state index in [1.807, 2.05) is 0 Å². The van der Waals surface area contributed by atoms with E-state index in [1.165, 1.54) is 11.0 Å². The normalized spacial score (nSPS) is 9.68. The van der Waals surface area contributed by atoms with E-state index in [0.29, 0.717) is 18.8 Å². The van der Waals surface area contributed by atoms with E-state index in [2.05, 4.69) is 13.2 Å². The minimum Gasteiger partial charge on any atom is -0.483 e. The lowest BCUT2D eigenvalue weighted by atomic mass is 10.4. The standard InChI is InChI=1S/C13H15NO4S/c1-3-5-14(6-4-2)12(15)8-18-10-7-11(13(16)17)19-9-10/h3-4,7,9H,1-2,5-6,8H2,(H,16,17). The van der Waals surface area contributed by atoms with Crippen molar-refractivity contribution in [2.45, 2.75) is 0 Å². The van der Waals surface area contributed by atoms with Crippen LogP contribution in [0.5, 0.6) is 5.75 Å². The fraction of sp³-hybridized carbons (Fsp3) is 0.231. The van der Waals surface area contributed by atoms with Gasteiger partial charge in [-0.25, -0.2) is 4.79 Å². The molecular formula is C13H15NO4S. The smallest absolute Gasteiger partial charge is 0.346 e. The van der Waals surface area contributed by atoms with Gasteiger partial charge in [-0.05, 0) is 0 Å². The third kappa shape index (κ3) is 4.59. The predicted molar refractivity (Wildman–Crippen MR) is 73.7 cm³/mol. The van der Waals surface area contributed by atoms with Crippen LogP contribution in [0.4, 0.5) is 0 Å². The summed E-state index contributed by atoms with van der Waals surface area (Å²) < 4.78 is 5.26. The van der Waals surface area contributed by atoms with Gasteiger partial charge in [-0.1, -0.05) is 12.2 Å². The number of nitrogens with zero attached hydrogens (tertiary/aromatic N) is 1. The quantitative estimate of drug-likeness (QED) is 0.740. The maximum Gasteiger partial charge on any atom is 0.346 e. The number of amides is 1. The Labute approximate surface area is 115 Å². The van der Waals surface area contributed by atoms with E-state index in [1.54, 1.807) is 17.5 Å². The minimum atomic E-state index is -1.01. The number of hydrogen-bond acceptors (Lipinski definition) is 4. The van der Waals surface area contributed by atoms with Crippen molar-refractivity contribution in [3.05, 3.63) is 41.6 Å². The van der Waals surface area contributed by atoms with Crippen LogP contribution in [0, 0.1) is 0 Å². The first-order valence-electron chi connectivity index (χ1n) is 5.52. The molecule has 0 aromatic carbocycles. The van der Waals surface area contributed by atoms with Crippen LogP contribution in [0.2, 0.25) is 0 Å². The molecule has 0 fully saturated rings. The average molecular weight is 281 g/mol. The number of carbonyl (C=O) groups excluding carboxylic acids is 1. The van der Waals surface area contributed by atoms with Crippen LogP contribution in [0.15, 0.2) is 36.8 Å². The summed E-state index contributed by atoms with van der Waals surface area (Å²) in [5, 5.41) is 10.3. The van der Waals surface area contributed by atoms with Crippen molar-refractivity contribution in [3.8, 4) is 5.75 Å². The molecule has 0 radical (unpaired) electrons. The zero-order valence-corrected chi connectivity index (χ0v) is 11.2. The number of aromatic carboxylic acids is 1. The van der Waals surface area contributed by atoms with Gasteiger partial charge < -0.3 is 14.7 Å². The van der Waals surface area contributed by atoms with Gasteiger partial charge in [-0.15, -0.1) is 24.5 Å². The first-order valence-corrected chi connectivity index (χ1v) is 6.40. The highest BCUT2D eigenvalue weighted by Gasteiger charge is 2.13. The predicted octanol–water partition coefficient (Wildman–Crippen LogP) is 2.03. The number of carboxylic acid groups (broad SMARTS) is 1. The highest BCUT2D eigenvalue weighted by atomic mass is 32.1. The van der Waals surface area contributed by atoms with Gasteiger partial charge in [0.15, 0.2) is 6.61 Å². The molecule has 0 aliphatic carbocycles. The molecule has 19 heavy (non-hydrogen) atoms. The Morgan fingerprint density at radius 2 is 2.00 bits per heavy atom. The summed E-state index contributed by atoms with van der Waals surface area (Å²) in [5.74, 6) is -0.832. The van der Waals surface area contributed by atoms with Crippen molar-refractivity contribution < 1.29 is 19.4 Å². The van der Waals surface area contributed by atoms with Gasteiger partial charge in [-0.2, -0.15) is 0 Å². The van der Waals surface area contributed by atoms with Crippen molar-refractivity contribution >= 4 is 23.2 Å². The Kier molecular flexibility index (Phi) is 5.81. The van der Waals surface area contributed by atoms with Gasteiger partial charge in [0, 0.05) is 24.5 Å². The van der Waals surface area contributed by atoms with Crippen LogP contribution < -0.4 is 4.74 Å². The topological polar surface area (TPSA) is 66.8 Å². The molecule has 102 valence electrons. The van der Waals surface area contributed by atoms with E-state index in [0.717, 1.165) is 11.3 Å². The third-order valence-corrected chi connectivity index (χ3v) is 3.10. The van der Waals surface area contributed by atoms with E-state index in [9.17, 15) is 9.59 Å². The molecule has 1 aromatic rings. The molecule has 0 aliphatic rings. The lowest BCUT2D eigenvalue weighted by Crippen LogP contribution is -2.35. The summed E-state index contributed by atoms with van der Waals surface area (Å²) in [4.78, 5) is 24.2. The van der Waals surface area contributed by atoms with E-state index < -0.39 is 5.97 Å². The molecule has 0 saturated carbocycles. The van der Waals surface area contributed by atoms with E-state index >= 15 is 0 Å². The largest absolute Gasteiger partial charge is 0.483 e. The second-order valence-corrected chi connectivity index (χ2v) is 4.53. The van der Waals surface area contributed by atoms with Gasteiger partial charge >= 0.3 is 5.97 Å². The second kappa shape index (κ2) is 7.38. The second-order valence-electron chi connectivity index (χ2n) is 3.62. The van der Waals surface area contributed by atoms with Gasteiger partial charge in [0.25, 0.3) is 5.91 Å². The summed E-state index contributed by atoms with van der Waals surface area (Å²) in [6.07, 6.45) is 3.24. The maximum atomic E-state index is 11.8. The van der Waals surface area contributed by atoms with Gasteiger partial charge in [0.05, 0.1) is 0 Å². The Morgan fingerprint density at radius 1 is 1.37 bits per heavy atom. The molecule has 0 saturated heterocycles. The number of carbonyl (C=O) groups is 2. The molecule has 1 rings (SSSR count). The molecule has 0 unspecified atom stereocenters. The number of hydrogen-bond donors (Lipinski definition) is 1. The molecular weight excluding hydrogens is 266 g/mol. The maximum absolute atomic E-state index is 11.8. The zero-order valence-electron chi connectivity index (χ0n) is 10.4. The van der Waals surface area contributed by atoms with E-state index in [4.69, 9.17) is 9.84 Å². The first kappa shape index (κ1) is 15.0. The fourth-order valence-corrected chi connectivity index (χ4v) is 2.00. The summed E-state index contributed by atoms with van der Waals surface area (Å²) in [6, 6.07) is 1.39.